The summed E-state index contributed by atoms with van der Waals surface area (Å²) in [6.07, 6.45) is -0.200. The van der Waals surface area contributed by atoms with Gasteiger partial charge in [-0.3, -0.25) is 0 Å². The second kappa shape index (κ2) is 3.74. The SMILES string of the molecule is FC1(F)CN[C@H](c2nc3cc(Br)ccc3[nH]2)C1. The number of nitrogens with zero attached hydrogens (tertiary/aromatic N) is 1. The van der Waals surface area contributed by atoms with Gasteiger partial charge in [0.25, 0.3) is 5.92 Å². The molecule has 0 unspecified atom stereocenters. The predicted octanol–water partition coefficient (Wildman–Crippen LogP) is 3.00. The lowest BCUT2D eigenvalue weighted by Gasteiger charge is -2.06. The third-order valence-electron chi connectivity index (χ3n) is 2.90. The van der Waals surface area contributed by atoms with E-state index >= 15 is 0 Å². The Hall–Kier alpha value is -1.01. The Bertz CT molecular complexity index is 567. The van der Waals surface area contributed by atoms with Crippen LogP contribution in [0.5, 0.6) is 0 Å². The van der Waals surface area contributed by atoms with Crippen LogP contribution in [0.3, 0.4) is 0 Å². The van der Waals surface area contributed by atoms with Crippen LogP contribution in [0.15, 0.2) is 22.7 Å². The first-order chi connectivity index (χ1) is 8.03. The Balaban J connectivity index is 1.96. The van der Waals surface area contributed by atoms with Crippen molar-refractivity contribution in [1.29, 1.82) is 0 Å². The number of imidazole rings is 1. The topological polar surface area (TPSA) is 40.7 Å². The number of hydrogen-bond donors (Lipinski definition) is 2. The molecule has 1 aliphatic rings. The average molecular weight is 302 g/mol. The Morgan fingerprint density at radius 1 is 1.41 bits per heavy atom. The van der Waals surface area contributed by atoms with Crippen molar-refractivity contribution in [3.63, 3.8) is 0 Å². The zero-order chi connectivity index (χ0) is 12.0. The van der Waals surface area contributed by atoms with Crippen molar-refractivity contribution in [3.05, 3.63) is 28.5 Å². The van der Waals surface area contributed by atoms with E-state index in [1.54, 1.807) is 0 Å². The summed E-state index contributed by atoms with van der Waals surface area (Å²) in [7, 11) is 0. The summed E-state index contributed by atoms with van der Waals surface area (Å²) in [5.41, 5.74) is 1.65. The molecule has 1 atom stereocenters. The van der Waals surface area contributed by atoms with E-state index in [-0.39, 0.29) is 13.0 Å². The van der Waals surface area contributed by atoms with E-state index in [9.17, 15) is 8.78 Å². The fraction of sp³-hybridized carbons (Fsp3) is 0.364. The van der Waals surface area contributed by atoms with E-state index in [1.807, 2.05) is 18.2 Å². The lowest BCUT2D eigenvalue weighted by atomic mass is 10.2. The molecule has 1 fully saturated rings. The van der Waals surface area contributed by atoms with Crippen molar-refractivity contribution >= 4 is 27.0 Å². The van der Waals surface area contributed by atoms with E-state index in [2.05, 4.69) is 31.2 Å². The summed E-state index contributed by atoms with van der Waals surface area (Å²) in [4.78, 5) is 7.41. The van der Waals surface area contributed by atoms with Crippen molar-refractivity contribution in [3.8, 4) is 0 Å². The number of aromatic amines is 1. The standard InChI is InChI=1S/C11H10BrF2N3/c12-6-1-2-7-8(3-6)17-10(16-7)9-4-11(13,14)5-15-9/h1-3,9,15H,4-5H2,(H,16,17)/t9-/m0/s1. The van der Waals surface area contributed by atoms with Gasteiger partial charge >= 0.3 is 0 Å². The zero-order valence-corrected chi connectivity index (χ0v) is 10.4. The highest BCUT2D eigenvalue weighted by molar-refractivity contribution is 9.10. The molecule has 1 aromatic heterocycles. The summed E-state index contributed by atoms with van der Waals surface area (Å²) < 4.78 is 27.1. The van der Waals surface area contributed by atoms with Crippen molar-refractivity contribution < 1.29 is 8.78 Å². The number of alkyl halides is 2. The van der Waals surface area contributed by atoms with Gasteiger partial charge in [-0.2, -0.15) is 0 Å². The maximum absolute atomic E-state index is 13.1. The van der Waals surface area contributed by atoms with Gasteiger partial charge in [-0.15, -0.1) is 0 Å². The first kappa shape index (κ1) is 11.1. The van der Waals surface area contributed by atoms with Gasteiger partial charge in [0.2, 0.25) is 0 Å². The van der Waals surface area contributed by atoms with E-state index in [0.717, 1.165) is 15.5 Å². The first-order valence-corrected chi connectivity index (χ1v) is 6.09. The molecule has 3 rings (SSSR count). The largest absolute Gasteiger partial charge is 0.341 e. The highest BCUT2D eigenvalue weighted by Crippen LogP contribution is 2.33. The minimum absolute atomic E-state index is 0.200. The van der Waals surface area contributed by atoms with E-state index in [1.165, 1.54) is 0 Å². The second-order valence-electron chi connectivity index (χ2n) is 4.28. The van der Waals surface area contributed by atoms with Crippen molar-refractivity contribution in [2.45, 2.75) is 18.4 Å². The van der Waals surface area contributed by atoms with Crippen LogP contribution in [0.1, 0.15) is 18.3 Å². The van der Waals surface area contributed by atoms with Crippen LogP contribution in [0.4, 0.5) is 8.78 Å². The molecule has 0 amide bonds. The van der Waals surface area contributed by atoms with Gasteiger partial charge in [0.15, 0.2) is 0 Å². The highest BCUT2D eigenvalue weighted by atomic mass is 79.9. The zero-order valence-electron chi connectivity index (χ0n) is 8.80. The predicted molar refractivity (Wildman–Crippen MR) is 64.1 cm³/mol. The number of aromatic nitrogens is 2. The number of nitrogens with one attached hydrogen (secondary N) is 2. The second-order valence-corrected chi connectivity index (χ2v) is 5.19. The van der Waals surface area contributed by atoms with Crippen LogP contribution >= 0.6 is 15.9 Å². The molecule has 3 nitrogen and oxygen atoms in total. The van der Waals surface area contributed by atoms with Gasteiger partial charge in [0.05, 0.1) is 23.6 Å². The Morgan fingerprint density at radius 3 is 2.94 bits per heavy atom. The lowest BCUT2D eigenvalue weighted by molar-refractivity contribution is 0.0208. The quantitative estimate of drug-likeness (QED) is 0.850. The molecule has 0 aliphatic carbocycles. The van der Waals surface area contributed by atoms with Crippen molar-refractivity contribution in [2.75, 3.05) is 6.54 Å². The number of fused-ring (bicyclic) bond motifs is 1. The van der Waals surface area contributed by atoms with Gasteiger partial charge in [0, 0.05) is 10.9 Å². The van der Waals surface area contributed by atoms with Crippen LogP contribution in [0.2, 0.25) is 0 Å². The molecule has 1 aromatic carbocycles. The van der Waals surface area contributed by atoms with Gasteiger partial charge in [-0.05, 0) is 18.2 Å². The molecule has 6 heteroatoms. The van der Waals surface area contributed by atoms with E-state index in [4.69, 9.17) is 0 Å². The van der Waals surface area contributed by atoms with Crippen molar-refractivity contribution in [1.82, 2.24) is 15.3 Å². The first-order valence-electron chi connectivity index (χ1n) is 5.30. The number of H-pyrrole nitrogens is 1. The Morgan fingerprint density at radius 2 is 2.24 bits per heavy atom. The molecule has 0 spiro atoms. The van der Waals surface area contributed by atoms with Crippen LogP contribution in [0.25, 0.3) is 11.0 Å². The molecule has 2 N–H and O–H groups in total. The maximum Gasteiger partial charge on any atom is 0.262 e. The molecule has 90 valence electrons. The molecule has 0 radical (unpaired) electrons. The maximum atomic E-state index is 13.1. The molecule has 1 saturated heterocycles. The number of halogens is 3. The number of benzene rings is 1. The fourth-order valence-corrected chi connectivity index (χ4v) is 2.42. The Labute approximate surface area is 105 Å². The molecular weight excluding hydrogens is 292 g/mol. The van der Waals surface area contributed by atoms with Crippen molar-refractivity contribution in [2.24, 2.45) is 0 Å². The van der Waals surface area contributed by atoms with Crippen LogP contribution in [-0.2, 0) is 0 Å². The average Bonchev–Trinajstić information content (AvgIpc) is 2.80. The number of hydrogen-bond acceptors (Lipinski definition) is 2. The molecular formula is C11H10BrF2N3. The van der Waals surface area contributed by atoms with E-state index < -0.39 is 12.0 Å². The lowest BCUT2D eigenvalue weighted by Crippen LogP contribution is -2.19. The molecule has 0 saturated carbocycles. The molecule has 2 heterocycles. The summed E-state index contributed by atoms with van der Waals surface area (Å²) in [5, 5.41) is 2.78. The van der Waals surface area contributed by atoms with Crippen LogP contribution in [-0.4, -0.2) is 22.4 Å². The summed E-state index contributed by atoms with van der Waals surface area (Å²) >= 11 is 3.35. The van der Waals surface area contributed by atoms with Crippen LogP contribution < -0.4 is 5.32 Å². The molecule has 1 aliphatic heterocycles. The highest BCUT2D eigenvalue weighted by Gasteiger charge is 2.40. The third kappa shape index (κ3) is 2.07. The summed E-state index contributed by atoms with van der Waals surface area (Å²) in [6.45, 7) is -0.279. The van der Waals surface area contributed by atoms with Crippen LogP contribution in [0, 0.1) is 0 Å². The minimum atomic E-state index is -2.63. The normalized spacial score (nSPS) is 23.4. The summed E-state index contributed by atoms with van der Waals surface area (Å²) in [5.74, 6) is -2.06. The molecule has 2 aromatic rings. The van der Waals surface area contributed by atoms with Gasteiger partial charge in [0.1, 0.15) is 5.82 Å². The van der Waals surface area contributed by atoms with Gasteiger partial charge < -0.3 is 10.3 Å². The third-order valence-corrected chi connectivity index (χ3v) is 3.40. The van der Waals surface area contributed by atoms with E-state index in [0.29, 0.717) is 5.82 Å². The van der Waals surface area contributed by atoms with Gasteiger partial charge in [-0.1, -0.05) is 15.9 Å². The monoisotopic (exact) mass is 301 g/mol. The smallest absolute Gasteiger partial charge is 0.262 e. The Kier molecular flexibility index (Phi) is 2.45. The van der Waals surface area contributed by atoms with Gasteiger partial charge in [-0.25, -0.2) is 13.8 Å². The number of rotatable bonds is 1. The molecule has 0 bridgehead atoms. The summed E-state index contributed by atoms with van der Waals surface area (Å²) in [6, 6.07) is 5.24. The molecule has 17 heavy (non-hydrogen) atoms. The fourth-order valence-electron chi connectivity index (χ4n) is 2.07. The minimum Gasteiger partial charge on any atom is -0.341 e.